The fraction of sp³-hybridized carbons (Fsp3) is 0.400. The smallest absolute Gasteiger partial charge is 0.349 e. The molecule has 148 valence electrons. The van der Waals surface area contributed by atoms with Crippen LogP contribution in [-0.2, 0) is 9.59 Å². The predicted molar refractivity (Wildman–Crippen MR) is 101 cm³/mol. The van der Waals surface area contributed by atoms with Crippen LogP contribution in [0.25, 0.3) is 11.0 Å². The van der Waals surface area contributed by atoms with Gasteiger partial charge < -0.3 is 19.3 Å². The normalized spacial score (nSPS) is 17.2. The van der Waals surface area contributed by atoms with Gasteiger partial charge >= 0.3 is 11.6 Å². The SMILES string of the molecule is CC(=O)N(CC(=O)O)C1CCCN(C(=O)c2cc3ccccc3oc2=O)CC1. The number of carbonyl (C=O) groups excluding carboxylic acids is 2. The number of hydrogen-bond donors (Lipinski definition) is 1. The van der Waals surface area contributed by atoms with E-state index in [1.165, 1.54) is 17.9 Å². The second kappa shape index (κ2) is 8.24. The lowest BCUT2D eigenvalue weighted by molar-refractivity contribution is -0.145. The number of likely N-dealkylation sites (tertiary alicyclic amines) is 1. The van der Waals surface area contributed by atoms with Gasteiger partial charge in [0.15, 0.2) is 0 Å². The van der Waals surface area contributed by atoms with Crippen molar-refractivity contribution in [2.24, 2.45) is 0 Å². The van der Waals surface area contributed by atoms with Gasteiger partial charge in [0.25, 0.3) is 5.91 Å². The van der Waals surface area contributed by atoms with Crippen LogP contribution in [0.3, 0.4) is 0 Å². The molecule has 1 aliphatic heterocycles. The molecule has 0 spiro atoms. The summed E-state index contributed by atoms with van der Waals surface area (Å²) in [5.41, 5.74) is -0.280. The number of para-hydroxylation sites is 1. The van der Waals surface area contributed by atoms with E-state index < -0.39 is 17.5 Å². The average molecular weight is 386 g/mol. The number of carboxylic acids is 1. The van der Waals surface area contributed by atoms with E-state index in [9.17, 15) is 19.2 Å². The topological polar surface area (TPSA) is 108 Å². The van der Waals surface area contributed by atoms with Crippen molar-refractivity contribution in [1.29, 1.82) is 0 Å². The van der Waals surface area contributed by atoms with Crippen molar-refractivity contribution >= 4 is 28.8 Å². The summed E-state index contributed by atoms with van der Waals surface area (Å²) in [5, 5.41) is 9.71. The van der Waals surface area contributed by atoms with Crippen LogP contribution >= 0.6 is 0 Å². The van der Waals surface area contributed by atoms with E-state index in [2.05, 4.69) is 0 Å². The molecule has 1 aromatic heterocycles. The Morgan fingerprint density at radius 1 is 1.21 bits per heavy atom. The Morgan fingerprint density at radius 2 is 1.96 bits per heavy atom. The fourth-order valence-electron chi connectivity index (χ4n) is 3.62. The van der Waals surface area contributed by atoms with Crippen LogP contribution in [0.1, 0.15) is 36.5 Å². The monoisotopic (exact) mass is 386 g/mol. The Bertz CT molecular complexity index is 967. The summed E-state index contributed by atoms with van der Waals surface area (Å²) >= 11 is 0. The number of benzene rings is 1. The molecule has 0 aliphatic carbocycles. The highest BCUT2D eigenvalue weighted by molar-refractivity contribution is 5.96. The number of fused-ring (bicyclic) bond motifs is 1. The Balaban J connectivity index is 1.77. The maximum Gasteiger partial charge on any atom is 0.349 e. The minimum atomic E-state index is -1.07. The number of carbonyl (C=O) groups is 3. The molecule has 1 saturated heterocycles. The third-order valence-electron chi connectivity index (χ3n) is 5.01. The Kier molecular flexibility index (Phi) is 5.77. The van der Waals surface area contributed by atoms with Crippen molar-refractivity contribution in [3.05, 3.63) is 46.3 Å². The molecule has 8 nitrogen and oxygen atoms in total. The summed E-state index contributed by atoms with van der Waals surface area (Å²) in [6.45, 7) is 1.75. The first kappa shape index (κ1) is 19.6. The Labute approximate surface area is 161 Å². The van der Waals surface area contributed by atoms with Crippen LogP contribution in [0.2, 0.25) is 0 Å². The maximum atomic E-state index is 12.9. The van der Waals surface area contributed by atoms with E-state index in [0.29, 0.717) is 43.3 Å². The molecule has 1 unspecified atom stereocenters. The largest absolute Gasteiger partial charge is 0.480 e. The van der Waals surface area contributed by atoms with Crippen LogP contribution in [0.5, 0.6) is 0 Å². The van der Waals surface area contributed by atoms with Crippen LogP contribution < -0.4 is 5.63 Å². The van der Waals surface area contributed by atoms with Gasteiger partial charge in [-0.2, -0.15) is 0 Å². The number of rotatable bonds is 4. The minimum Gasteiger partial charge on any atom is -0.480 e. The van der Waals surface area contributed by atoms with Gasteiger partial charge in [-0.25, -0.2) is 4.79 Å². The van der Waals surface area contributed by atoms with Crippen LogP contribution in [-0.4, -0.2) is 58.4 Å². The maximum absolute atomic E-state index is 12.9. The molecule has 1 atom stereocenters. The summed E-state index contributed by atoms with van der Waals surface area (Å²) in [6, 6.07) is 8.27. The molecule has 28 heavy (non-hydrogen) atoms. The third-order valence-corrected chi connectivity index (χ3v) is 5.01. The van der Waals surface area contributed by atoms with Crippen molar-refractivity contribution in [3.63, 3.8) is 0 Å². The second-order valence-electron chi connectivity index (χ2n) is 6.90. The molecule has 1 N–H and O–H groups in total. The lowest BCUT2D eigenvalue weighted by Crippen LogP contribution is -2.43. The van der Waals surface area contributed by atoms with E-state index >= 15 is 0 Å². The molecule has 0 radical (unpaired) electrons. The highest BCUT2D eigenvalue weighted by atomic mass is 16.4. The molecule has 0 bridgehead atoms. The van der Waals surface area contributed by atoms with Crippen LogP contribution in [0, 0.1) is 0 Å². The molecule has 8 heteroatoms. The summed E-state index contributed by atoms with van der Waals surface area (Å²) in [5.74, 6) is -1.78. The van der Waals surface area contributed by atoms with Gasteiger partial charge in [-0.05, 0) is 31.4 Å². The van der Waals surface area contributed by atoms with Crippen molar-refractivity contribution < 1.29 is 23.9 Å². The Morgan fingerprint density at radius 3 is 2.68 bits per heavy atom. The summed E-state index contributed by atoms with van der Waals surface area (Å²) in [6.07, 6.45) is 1.67. The second-order valence-corrected chi connectivity index (χ2v) is 6.90. The van der Waals surface area contributed by atoms with Crippen molar-refractivity contribution in [1.82, 2.24) is 9.80 Å². The van der Waals surface area contributed by atoms with Gasteiger partial charge in [-0.1, -0.05) is 18.2 Å². The summed E-state index contributed by atoms with van der Waals surface area (Å²) in [4.78, 5) is 50.9. The number of amides is 2. The van der Waals surface area contributed by atoms with E-state index in [-0.39, 0.29) is 24.1 Å². The van der Waals surface area contributed by atoms with Crippen molar-refractivity contribution in [2.45, 2.75) is 32.2 Å². The van der Waals surface area contributed by atoms with E-state index in [0.717, 1.165) is 0 Å². The highest BCUT2D eigenvalue weighted by Crippen LogP contribution is 2.20. The van der Waals surface area contributed by atoms with Gasteiger partial charge in [-0.15, -0.1) is 0 Å². The number of nitrogens with zero attached hydrogens (tertiary/aromatic N) is 2. The number of aliphatic carboxylic acids is 1. The van der Waals surface area contributed by atoms with Crippen LogP contribution in [0.4, 0.5) is 0 Å². The standard InChI is InChI=1S/C20H22N2O6/c1-13(23)22(12-18(24)25)15-6-4-9-21(10-8-15)19(26)16-11-14-5-2-3-7-17(14)28-20(16)27/h2-3,5,7,11,15H,4,6,8-10,12H2,1H3,(H,24,25). The third kappa shape index (κ3) is 4.21. The average Bonchev–Trinajstić information content (AvgIpc) is 2.90. The quantitative estimate of drug-likeness (QED) is 0.802. The zero-order chi connectivity index (χ0) is 20.3. The zero-order valence-corrected chi connectivity index (χ0v) is 15.6. The van der Waals surface area contributed by atoms with E-state index in [1.54, 1.807) is 29.2 Å². The zero-order valence-electron chi connectivity index (χ0n) is 15.6. The van der Waals surface area contributed by atoms with Gasteiger partial charge in [0, 0.05) is 31.4 Å². The fourth-order valence-corrected chi connectivity index (χ4v) is 3.62. The number of carboxylic acid groups (broad SMARTS) is 1. The molecule has 2 aromatic rings. The van der Waals surface area contributed by atoms with Crippen LogP contribution in [0.15, 0.2) is 39.5 Å². The van der Waals surface area contributed by atoms with Gasteiger partial charge in [-0.3, -0.25) is 14.4 Å². The van der Waals surface area contributed by atoms with Crippen molar-refractivity contribution in [2.75, 3.05) is 19.6 Å². The lowest BCUT2D eigenvalue weighted by atomic mass is 10.1. The molecule has 0 saturated carbocycles. The molecule has 1 aromatic carbocycles. The van der Waals surface area contributed by atoms with Gasteiger partial charge in [0.05, 0.1) is 0 Å². The van der Waals surface area contributed by atoms with E-state index in [4.69, 9.17) is 9.52 Å². The van der Waals surface area contributed by atoms with Crippen molar-refractivity contribution in [3.8, 4) is 0 Å². The summed E-state index contributed by atoms with van der Waals surface area (Å²) in [7, 11) is 0. The molecule has 1 fully saturated rings. The first-order valence-electron chi connectivity index (χ1n) is 9.18. The first-order chi connectivity index (χ1) is 13.4. The molecule has 3 rings (SSSR count). The molecule has 2 amide bonds. The first-order valence-corrected chi connectivity index (χ1v) is 9.18. The molecule has 2 heterocycles. The highest BCUT2D eigenvalue weighted by Gasteiger charge is 2.29. The van der Waals surface area contributed by atoms with Gasteiger partial charge in [0.1, 0.15) is 17.7 Å². The number of hydrogen-bond acceptors (Lipinski definition) is 5. The molecule has 1 aliphatic rings. The van der Waals surface area contributed by atoms with E-state index in [1.807, 2.05) is 0 Å². The minimum absolute atomic E-state index is 0.0221. The molecular weight excluding hydrogens is 364 g/mol. The lowest BCUT2D eigenvalue weighted by Gasteiger charge is -2.28. The van der Waals surface area contributed by atoms with Gasteiger partial charge in [0.2, 0.25) is 5.91 Å². The predicted octanol–water partition coefficient (Wildman–Crippen LogP) is 1.72. The molecular formula is C20H22N2O6. The Hall–Kier alpha value is -3.16. The summed E-state index contributed by atoms with van der Waals surface area (Å²) < 4.78 is 5.25.